The molecule has 2 aromatic carbocycles. The van der Waals surface area contributed by atoms with Crippen LogP contribution in [-0.2, 0) is 0 Å². The first-order valence-electron chi connectivity index (χ1n) is 4.59. The zero-order valence-corrected chi connectivity index (χ0v) is 10.4. The van der Waals surface area contributed by atoms with Gasteiger partial charge in [0.05, 0.1) is 5.56 Å². The van der Waals surface area contributed by atoms with E-state index in [2.05, 4.69) is 22.6 Å². The van der Waals surface area contributed by atoms with Gasteiger partial charge in [-0.1, -0.05) is 30.3 Å². The number of benzene rings is 2. The average Bonchev–Trinajstić information content (AvgIpc) is 2.17. The lowest BCUT2D eigenvalue weighted by molar-refractivity contribution is 0.0999. The SMILES string of the molecule is Cc1cc2ccccc2c(I)c1C(N)=O. The summed E-state index contributed by atoms with van der Waals surface area (Å²) in [4.78, 5) is 11.3. The average molecular weight is 311 g/mol. The van der Waals surface area contributed by atoms with Crippen LogP contribution >= 0.6 is 22.6 Å². The molecular weight excluding hydrogens is 301 g/mol. The summed E-state index contributed by atoms with van der Waals surface area (Å²) in [5, 5.41) is 2.22. The van der Waals surface area contributed by atoms with Crippen molar-refractivity contribution in [1.29, 1.82) is 0 Å². The van der Waals surface area contributed by atoms with Crippen molar-refractivity contribution < 1.29 is 4.79 Å². The van der Waals surface area contributed by atoms with Crippen molar-refractivity contribution in [2.24, 2.45) is 5.73 Å². The summed E-state index contributed by atoms with van der Waals surface area (Å²) in [6.45, 7) is 1.91. The molecule has 0 bridgehead atoms. The minimum atomic E-state index is -0.359. The number of hydrogen-bond donors (Lipinski definition) is 1. The lowest BCUT2D eigenvalue weighted by atomic mass is 10.0. The minimum absolute atomic E-state index is 0.359. The molecular formula is C12H10INO. The summed E-state index contributed by atoms with van der Waals surface area (Å²) >= 11 is 2.18. The minimum Gasteiger partial charge on any atom is -0.366 e. The number of fused-ring (bicyclic) bond motifs is 1. The van der Waals surface area contributed by atoms with Crippen molar-refractivity contribution in [3.63, 3.8) is 0 Å². The molecule has 0 aromatic heterocycles. The van der Waals surface area contributed by atoms with Gasteiger partial charge < -0.3 is 5.73 Å². The number of rotatable bonds is 1. The van der Waals surface area contributed by atoms with E-state index in [0.29, 0.717) is 5.56 Å². The third-order valence-electron chi connectivity index (χ3n) is 2.43. The summed E-state index contributed by atoms with van der Waals surface area (Å²) in [5.41, 5.74) is 6.93. The predicted octanol–water partition coefficient (Wildman–Crippen LogP) is 2.85. The van der Waals surface area contributed by atoms with Crippen LogP contribution in [0.5, 0.6) is 0 Å². The van der Waals surface area contributed by atoms with Gasteiger partial charge in [0.1, 0.15) is 0 Å². The number of carbonyl (C=O) groups is 1. The number of nitrogens with two attached hydrogens (primary N) is 1. The van der Waals surface area contributed by atoms with E-state index < -0.39 is 0 Å². The van der Waals surface area contributed by atoms with E-state index in [1.54, 1.807) is 0 Å². The summed E-state index contributed by atoms with van der Waals surface area (Å²) in [6, 6.07) is 9.99. The summed E-state index contributed by atoms with van der Waals surface area (Å²) in [7, 11) is 0. The highest BCUT2D eigenvalue weighted by atomic mass is 127. The number of carbonyl (C=O) groups excluding carboxylic acids is 1. The van der Waals surface area contributed by atoms with E-state index >= 15 is 0 Å². The molecule has 3 heteroatoms. The normalized spacial score (nSPS) is 10.5. The first kappa shape index (κ1) is 10.4. The molecule has 0 saturated heterocycles. The van der Waals surface area contributed by atoms with Crippen LogP contribution in [0, 0.1) is 10.5 Å². The van der Waals surface area contributed by atoms with Gasteiger partial charge in [0.25, 0.3) is 0 Å². The highest BCUT2D eigenvalue weighted by Crippen LogP contribution is 2.26. The third kappa shape index (κ3) is 1.71. The van der Waals surface area contributed by atoms with Gasteiger partial charge in [-0.25, -0.2) is 0 Å². The molecule has 2 rings (SSSR count). The molecule has 2 N–H and O–H groups in total. The van der Waals surface area contributed by atoms with E-state index in [0.717, 1.165) is 19.9 Å². The van der Waals surface area contributed by atoms with E-state index in [9.17, 15) is 4.79 Å². The molecule has 0 aliphatic heterocycles. The number of aryl methyl sites for hydroxylation is 1. The van der Waals surface area contributed by atoms with Crippen LogP contribution in [0.1, 0.15) is 15.9 Å². The molecule has 0 saturated carbocycles. The van der Waals surface area contributed by atoms with Gasteiger partial charge in [-0.3, -0.25) is 4.79 Å². The monoisotopic (exact) mass is 311 g/mol. The summed E-state index contributed by atoms with van der Waals surface area (Å²) < 4.78 is 0.940. The first-order chi connectivity index (χ1) is 7.11. The highest BCUT2D eigenvalue weighted by Gasteiger charge is 2.12. The Morgan fingerprint density at radius 2 is 2.00 bits per heavy atom. The maximum Gasteiger partial charge on any atom is 0.250 e. The largest absolute Gasteiger partial charge is 0.366 e. The van der Waals surface area contributed by atoms with Crippen LogP contribution < -0.4 is 5.73 Å². The number of primary amides is 1. The van der Waals surface area contributed by atoms with Gasteiger partial charge in [0.15, 0.2) is 0 Å². The fourth-order valence-corrected chi connectivity index (χ4v) is 2.92. The molecule has 0 spiro atoms. The zero-order valence-electron chi connectivity index (χ0n) is 8.25. The van der Waals surface area contributed by atoms with Crippen molar-refractivity contribution in [2.75, 3.05) is 0 Å². The van der Waals surface area contributed by atoms with Crippen LogP contribution in [0.25, 0.3) is 10.8 Å². The molecule has 2 nitrogen and oxygen atoms in total. The van der Waals surface area contributed by atoms with Gasteiger partial charge >= 0.3 is 0 Å². The number of hydrogen-bond acceptors (Lipinski definition) is 1. The molecule has 0 fully saturated rings. The maximum atomic E-state index is 11.3. The molecule has 0 aliphatic carbocycles. The Labute approximate surface area is 102 Å². The van der Waals surface area contributed by atoms with Crippen molar-refractivity contribution >= 4 is 39.3 Å². The molecule has 0 unspecified atom stereocenters. The topological polar surface area (TPSA) is 43.1 Å². The standard InChI is InChI=1S/C12H10INO/c1-7-6-8-4-2-3-5-9(8)11(13)10(7)12(14)15/h2-6H,1H3,(H2,14,15). The molecule has 76 valence electrons. The van der Waals surface area contributed by atoms with Crippen LogP contribution in [0.15, 0.2) is 30.3 Å². The summed E-state index contributed by atoms with van der Waals surface area (Å²) in [6.07, 6.45) is 0. The lowest BCUT2D eigenvalue weighted by Gasteiger charge is -2.08. The Bertz CT molecular complexity index is 549. The van der Waals surface area contributed by atoms with Crippen LogP contribution in [-0.4, -0.2) is 5.91 Å². The second kappa shape index (κ2) is 3.81. The molecule has 0 aliphatic rings. The smallest absolute Gasteiger partial charge is 0.250 e. The van der Waals surface area contributed by atoms with Crippen LogP contribution in [0.4, 0.5) is 0 Å². The maximum absolute atomic E-state index is 11.3. The van der Waals surface area contributed by atoms with E-state index in [1.165, 1.54) is 0 Å². The Balaban J connectivity index is 2.90. The molecule has 0 atom stereocenters. The number of halogens is 1. The number of amides is 1. The third-order valence-corrected chi connectivity index (χ3v) is 3.55. The van der Waals surface area contributed by atoms with Gasteiger partial charge in [0, 0.05) is 3.57 Å². The fraction of sp³-hybridized carbons (Fsp3) is 0.0833. The molecule has 0 heterocycles. The van der Waals surface area contributed by atoms with E-state index in [-0.39, 0.29) is 5.91 Å². The molecule has 2 aromatic rings. The van der Waals surface area contributed by atoms with Gasteiger partial charge in [-0.05, 0) is 45.9 Å². The molecule has 1 amide bonds. The van der Waals surface area contributed by atoms with Gasteiger partial charge in [-0.2, -0.15) is 0 Å². The second-order valence-corrected chi connectivity index (χ2v) is 4.55. The predicted molar refractivity (Wildman–Crippen MR) is 69.9 cm³/mol. The Hall–Kier alpha value is -1.10. The van der Waals surface area contributed by atoms with E-state index in [4.69, 9.17) is 5.73 Å². The van der Waals surface area contributed by atoms with Crippen molar-refractivity contribution in [3.05, 3.63) is 45.0 Å². The Morgan fingerprint density at radius 1 is 1.33 bits per heavy atom. The van der Waals surface area contributed by atoms with Crippen LogP contribution in [0.2, 0.25) is 0 Å². The van der Waals surface area contributed by atoms with Crippen molar-refractivity contribution in [2.45, 2.75) is 6.92 Å². The van der Waals surface area contributed by atoms with Crippen molar-refractivity contribution in [1.82, 2.24) is 0 Å². The molecule has 0 radical (unpaired) electrons. The van der Waals surface area contributed by atoms with Crippen LogP contribution in [0.3, 0.4) is 0 Å². The highest BCUT2D eigenvalue weighted by molar-refractivity contribution is 14.1. The summed E-state index contributed by atoms with van der Waals surface area (Å²) in [5.74, 6) is -0.359. The zero-order chi connectivity index (χ0) is 11.0. The first-order valence-corrected chi connectivity index (χ1v) is 5.67. The fourth-order valence-electron chi connectivity index (χ4n) is 1.74. The lowest BCUT2D eigenvalue weighted by Crippen LogP contribution is -2.14. The van der Waals surface area contributed by atoms with Gasteiger partial charge in [0.2, 0.25) is 5.91 Å². The van der Waals surface area contributed by atoms with E-state index in [1.807, 2.05) is 37.3 Å². The quantitative estimate of drug-likeness (QED) is 0.809. The van der Waals surface area contributed by atoms with Crippen molar-refractivity contribution in [3.8, 4) is 0 Å². The molecule has 15 heavy (non-hydrogen) atoms. The van der Waals surface area contributed by atoms with Gasteiger partial charge in [-0.15, -0.1) is 0 Å². The Morgan fingerprint density at radius 3 is 2.67 bits per heavy atom. The Kier molecular flexibility index (Phi) is 2.65. The second-order valence-electron chi connectivity index (χ2n) is 3.47.